The number of aliphatic imine (C=N–C) groups is 1. The highest BCUT2D eigenvalue weighted by Gasteiger charge is 2.36. The van der Waals surface area contributed by atoms with E-state index in [9.17, 15) is 5.11 Å². The largest absolute Gasteiger partial charge is 0.468 e. The van der Waals surface area contributed by atoms with Gasteiger partial charge in [0.25, 0.3) is 0 Å². The predicted octanol–water partition coefficient (Wildman–Crippen LogP) is 2.35. The molecule has 4 nitrogen and oxygen atoms in total. The molecule has 0 radical (unpaired) electrons. The van der Waals surface area contributed by atoms with E-state index < -0.39 is 6.10 Å². The van der Waals surface area contributed by atoms with Gasteiger partial charge in [-0.05, 0) is 5.56 Å². The summed E-state index contributed by atoms with van der Waals surface area (Å²) in [6.45, 7) is 6.03. The van der Waals surface area contributed by atoms with E-state index in [-0.39, 0.29) is 18.1 Å². The number of aliphatic hydroxyl groups excluding tert-OH is 1. The average molecular weight is 275 g/mol. The Morgan fingerprint density at radius 2 is 2.15 bits per heavy atom. The number of aliphatic hydroxyl groups is 1. The predicted molar refractivity (Wildman–Crippen MR) is 78.7 cm³/mol. The van der Waals surface area contributed by atoms with Crippen LogP contribution in [-0.2, 0) is 9.47 Å². The van der Waals surface area contributed by atoms with Gasteiger partial charge in [-0.15, -0.1) is 6.58 Å². The third kappa shape index (κ3) is 3.08. The first kappa shape index (κ1) is 14.8. The highest BCUT2D eigenvalue weighted by Crippen LogP contribution is 2.31. The minimum absolute atomic E-state index is 0.105. The van der Waals surface area contributed by atoms with Crippen molar-refractivity contribution in [3.05, 3.63) is 48.6 Å². The summed E-state index contributed by atoms with van der Waals surface area (Å²) < 4.78 is 11.1. The van der Waals surface area contributed by atoms with E-state index in [0.29, 0.717) is 12.5 Å². The van der Waals surface area contributed by atoms with Gasteiger partial charge in [-0.2, -0.15) is 0 Å². The van der Waals surface area contributed by atoms with Gasteiger partial charge in [0.15, 0.2) is 0 Å². The maximum atomic E-state index is 10.2. The lowest BCUT2D eigenvalue weighted by Crippen LogP contribution is -2.27. The van der Waals surface area contributed by atoms with Crippen LogP contribution in [0.15, 0.2) is 48.0 Å². The van der Waals surface area contributed by atoms with Gasteiger partial charge in [-0.3, -0.25) is 0 Å². The second-order valence-corrected chi connectivity index (χ2v) is 4.98. The van der Waals surface area contributed by atoms with Crippen molar-refractivity contribution in [2.45, 2.75) is 25.2 Å². The smallest absolute Gasteiger partial charge is 0.214 e. The molecular weight excluding hydrogens is 254 g/mol. The fourth-order valence-electron chi connectivity index (χ4n) is 2.20. The zero-order valence-electron chi connectivity index (χ0n) is 11.9. The van der Waals surface area contributed by atoms with Crippen molar-refractivity contribution in [1.29, 1.82) is 0 Å². The van der Waals surface area contributed by atoms with Crippen LogP contribution in [0.25, 0.3) is 0 Å². The highest BCUT2D eigenvalue weighted by atomic mass is 16.5. The third-order valence-corrected chi connectivity index (χ3v) is 3.48. The van der Waals surface area contributed by atoms with Crippen LogP contribution in [0.5, 0.6) is 0 Å². The maximum absolute atomic E-state index is 10.2. The highest BCUT2D eigenvalue weighted by molar-refractivity contribution is 5.83. The quantitative estimate of drug-likeness (QED) is 0.811. The van der Waals surface area contributed by atoms with Crippen molar-refractivity contribution in [1.82, 2.24) is 0 Å². The Hall–Kier alpha value is -1.65. The minimum Gasteiger partial charge on any atom is -0.468 e. The number of nitrogens with zero attached hydrogens (tertiary/aromatic N) is 1. The lowest BCUT2D eigenvalue weighted by Gasteiger charge is -2.19. The number of hydrogen-bond donors (Lipinski definition) is 1. The van der Waals surface area contributed by atoms with Crippen LogP contribution in [0.1, 0.15) is 18.6 Å². The summed E-state index contributed by atoms with van der Waals surface area (Å²) in [6.07, 6.45) is 0.718. The standard InChI is InChI=1S/C16H21NO3/c1-4-11(2)14(18)16-17-13(10-19-3)15(20-16)12-8-6-5-7-9-12/h4-9,11,13-15,18H,1,10H2,2-3H3/t11-,13-,14+,15-/m0/s1. The Morgan fingerprint density at radius 3 is 2.75 bits per heavy atom. The van der Waals surface area contributed by atoms with E-state index in [2.05, 4.69) is 11.6 Å². The average Bonchev–Trinajstić information content (AvgIpc) is 2.91. The van der Waals surface area contributed by atoms with Gasteiger partial charge in [-0.1, -0.05) is 43.3 Å². The summed E-state index contributed by atoms with van der Waals surface area (Å²) in [5.41, 5.74) is 1.03. The van der Waals surface area contributed by atoms with Gasteiger partial charge in [0.2, 0.25) is 5.90 Å². The van der Waals surface area contributed by atoms with Gasteiger partial charge >= 0.3 is 0 Å². The Kier molecular flexibility index (Phi) is 4.93. The van der Waals surface area contributed by atoms with Crippen molar-refractivity contribution in [3.8, 4) is 0 Å². The first-order chi connectivity index (χ1) is 9.67. The summed E-state index contributed by atoms with van der Waals surface area (Å²) in [5, 5.41) is 10.2. The van der Waals surface area contributed by atoms with Crippen molar-refractivity contribution in [3.63, 3.8) is 0 Å². The molecule has 0 saturated heterocycles. The van der Waals surface area contributed by atoms with Crippen LogP contribution >= 0.6 is 0 Å². The van der Waals surface area contributed by atoms with E-state index in [1.807, 2.05) is 37.3 Å². The molecule has 20 heavy (non-hydrogen) atoms. The normalized spacial score (nSPS) is 24.6. The summed E-state index contributed by atoms with van der Waals surface area (Å²) in [5.74, 6) is 0.264. The van der Waals surface area contributed by atoms with Gasteiger partial charge in [0.1, 0.15) is 18.2 Å². The summed E-state index contributed by atoms with van der Waals surface area (Å²) >= 11 is 0. The van der Waals surface area contributed by atoms with Gasteiger partial charge in [0.05, 0.1) is 6.61 Å². The third-order valence-electron chi connectivity index (χ3n) is 3.48. The molecule has 2 rings (SSSR count). The van der Waals surface area contributed by atoms with E-state index in [1.54, 1.807) is 13.2 Å². The number of benzene rings is 1. The molecule has 0 bridgehead atoms. The van der Waals surface area contributed by atoms with Gasteiger partial charge < -0.3 is 14.6 Å². The van der Waals surface area contributed by atoms with E-state index in [0.717, 1.165) is 5.56 Å². The second-order valence-electron chi connectivity index (χ2n) is 4.98. The van der Waals surface area contributed by atoms with E-state index >= 15 is 0 Å². The van der Waals surface area contributed by atoms with Crippen molar-refractivity contribution in [2.75, 3.05) is 13.7 Å². The maximum Gasteiger partial charge on any atom is 0.214 e. The van der Waals surface area contributed by atoms with Gasteiger partial charge in [0, 0.05) is 13.0 Å². The van der Waals surface area contributed by atoms with Crippen LogP contribution in [0.3, 0.4) is 0 Å². The molecule has 1 aliphatic rings. The van der Waals surface area contributed by atoms with Crippen LogP contribution in [0.2, 0.25) is 0 Å². The lowest BCUT2D eigenvalue weighted by atomic mass is 10.0. The fraction of sp³-hybridized carbons (Fsp3) is 0.438. The minimum atomic E-state index is -0.763. The Balaban J connectivity index is 2.19. The van der Waals surface area contributed by atoms with Crippen molar-refractivity contribution < 1.29 is 14.6 Å². The van der Waals surface area contributed by atoms with E-state index in [1.165, 1.54) is 0 Å². The number of methoxy groups -OCH3 is 1. The molecule has 4 heteroatoms. The summed E-state index contributed by atoms with van der Waals surface area (Å²) in [7, 11) is 1.64. The second kappa shape index (κ2) is 6.68. The molecular formula is C16H21NO3. The summed E-state index contributed by atoms with van der Waals surface area (Å²) in [4.78, 5) is 4.48. The molecule has 108 valence electrons. The van der Waals surface area contributed by atoms with Crippen molar-refractivity contribution >= 4 is 5.90 Å². The summed E-state index contributed by atoms with van der Waals surface area (Å²) in [6, 6.07) is 9.74. The SMILES string of the molecule is C=C[C@H](C)[C@@H](O)C1=N[C@@H](COC)[C@H](c2ccccc2)O1. The Labute approximate surface area is 119 Å². The molecule has 0 aliphatic carbocycles. The Bertz CT molecular complexity index is 472. The zero-order valence-corrected chi connectivity index (χ0v) is 11.9. The molecule has 1 aromatic rings. The molecule has 0 unspecified atom stereocenters. The molecule has 1 aliphatic heterocycles. The van der Waals surface area contributed by atoms with Crippen LogP contribution in [-0.4, -0.2) is 36.9 Å². The van der Waals surface area contributed by atoms with E-state index in [4.69, 9.17) is 9.47 Å². The molecule has 0 fully saturated rings. The lowest BCUT2D eigenvalue weighted by molar-refractivity contribution is 0.102. The molecule has 0 spiro atoms. The number of hydrogen-bond acceptors (Lipinski definition) is 4. The number of ether oxygens (including phenoxy) is 2. The topological polar surface area (TPSA) is 51.1 Å². The number of rotatable bonds is 6. The fourth-order valence-corrected chi connectivity index (χ4v) is 2.20. The monoisotopic (exact) mass is 275 g/mol. The first-order valence-electron chi connectivity index (χ1n) is 6.76. The Morgan fingerprint density at radius 1 is 1.45 bits per heavy atom. The molecule has 1 aromatic carbocycles. The van der Waals surface area contributed by atoms with Crippen LogP contribution < -0.4 is 0 Å². The molecule has 0 amide bonds. The molecule has 0 saturated carbocycles. The first-order valence-corrected chi connectivity index (χ1v) is 6.76. The molecule has 1 N–H and O–H groups in total. The zero-order chi connectivity index (χ0) is 14.5. The molecule has 1 heterocycles. The van der Waals surface area contributed by atoms with Crippen LogP contribution in [0.4, 0.5) is 0 Å². The van der Waals surface area contributed by atoms with Crippen LogP contribution in [0, 0.1) is 5.92 Å². The molecule has 0 aromatic heterocycles. The molecule has 4 atom stereocenters. The van der Waals surface area contributed by atoms with Gasteiger partial charge in [-0.25, -0.2) is 4.99 Å². The van der Waals surface area contributed by atoms with Crippen molar-refractivity contribution in [2.24, 2.45) is 10.9 Å².